The minimum absolute atomic E-state index is 0.228. The van der Waals surface area contributed by atoms with Crippen molar-refractivity contribution in [3.8, 4) is 0 Å². The zero-order chi connectivity index (χ0) is 37.2. The average molecular weight is 754 g/mol. The van der Waals surface area contributed by atoms with E-state index in [2.05, 4.69) is 0 Å². The normalized spacial score (nSPS) is 12.4. The standard InChI is InChI=1S/C44H30Cl2N2O6/c1-3-5-15-47-41(49)23-17-27(45)35-36-28(46)18-24-34-26(44(52)48(42(24)50)16-6-4-2)20-32-38(40(34)36)37-31(19-25(43(47)51)33(23)39(35)37)53-29-13-9-7-11-21(29)22-12-8-10-14-30(22)54-32/h7-14,17-20H,3-6,15-16H2,1-2H3. The van der Waals surface area contributed by atoms with Crippen molar-refractivity contribution in [3.63, 3.8) is 0 Å². The lowest BCUT2D eigenvalue weighted by Gasteiger charge is -2.21. The largest absolute Gasteiger partial charge is 0.456 e. The van der Waals surface area contributed by atoms with Gasteiger partial charge in [-0.1, -0.05) is 86.3 Å². The number of rotatable bonds is 6. The lowest BCUT2D eigenvalue weighted by atomic mass is 9.85. The van der Waals surface area contributed by atoms with Gasteiger partial charge in [-0.2, -0.15) is 0 Å². The van der Waals surface area contributed by atoms with Gasteiger partial charge in [-0.15, -0.1) is 0 Å². The van der Waals surface area contributed by atoms with Gasteiger partial charge >= 0.3 is 0 Å². The molecule has 0 radical (unpaired) electrons. The second kappa shape index (κ2) is 11.9. The Bertz CT molecular complexity index is 3310. The molecule has 266 valence electrons. The summed E-state index contributed by atoms with van der Waals surface area (Å²) in [6, 6.07) is 21.7. The predicted molar refractivity (Wildman–Crippen MR) is 221 cm³/mol. The SMILES string of the molecule is CCCCn1c(=O)c2cc(Cl)c3c4c(Cl)cc5c(=O)n(CCCC)c(=O)c6cc7oc8ccccc8c8ccccc8oc8cc(c1=O)c2c3c8c7c4c56. The smallest absolute Gasteiger partial charge is 0.261 e. The van der Waals surface area contributed by atoms with E-state index in [4.69, 9.17) is 32.0 Å². The highest BCUT2D eigenvalue weighted by atomic mass is 35.5. The number of unbranched alkanes of at least 4 members (excludes halogenated alkanes) is 2. The molecule has 7 aromatic carbocycles. The van der Waals surface area contributed by atoms with Gasteiger partial charge in [0.15, 0.2) is 0 Å². The van der Waals surface area contributed by atoms with E-state index >= 15 is 0 Å². The fourth-order valence-electron chi connectivity index (χ4n) is 8.58. The topological polar surface area (TPSA) is 104 Å². The predicted octanol–water partition coefficient (Wildman–Crippen LogP) is 10.6. The van der Waals surface area contributed by atoms with Crippen LogP contribution in [-0.4, -0.2) is 9.13 Å². The molecule has 0 unspecified atom stereocenters. The molecule has 10 rings (SSSR count). The van der Waals surface area contributed by atoms with E-state index in [-0.39, 0.29) is 23.1 Å². The van der Waals surface area contributed by atoms with Crippen LogP contribution in [0.3, 0.4) is 0 Å². The van der Waals surface area contributed by atoms with E-state index in [1.165, 1.54) is 9.13 Å². The molecule has 0 N–H and O–H groups in total. The second-order valence-corrected chi connectivity index (χ2v) is 14.9. The van der Waals surface area contributed by atoms with Crippen LogP contribution in [0.15, 0.2) is 101 Å². The summed E-state index contributed by atoms with van der Waals surface area (Å²) in [7, 11) is 0. The Morgan fingerprint density at radius 2 is 0.815 bits per heavy atom. The van der Waals surface area contributed by atoms with Crippen LogP contribution in [-0.2, 0) is 13.1 Å². The van der Waals surface area contributed by atoms with Gasteiger partial charge in [-0.05, 0) is 49.2 Å². The number of nitrogens with zero attached hydrogens (tertiary/aromatic N) is 2. The number of hydrogen-bond donors (Lipinski definition) is 0. The third-order valence-electron chi connectivity index (χ3n) is 11.0. The van der Waals surface area contributed by atoms with Gasteiger partial charge in [-0.25, -0.2) is 0 Å². The summed E-state index contributed by atoms with van der Waals surface area (Å²) in [6.45, 7) is 4.51. The van der Waals surface area contributed by atoms with Crippen molar-refractivity contribution in [2.24, 2.45) is 0 Å². The van der Waals surface area contributed by atoms with Gasteiger partial charge in [-0.3, -0.25) is 28.3 Å². The van der Waals surface area contributed by atoms with Crippen LogP contribution < -0.4 is 22.2 Å². The van der Waals surface area contributed by atoms with Gasteiger partial charge in [0.05, 0.1) is 21.5 Å². The highest BCUT2D eigenvalue weighted by molar-refractivity contribution is 6.53. The first kappa shape index (κ1) is 32.9. The number of fused-ring (bicyclic) bond motifs is 4. The highest BCUT2D eigenvalue weighted by Gasteiger charge is 2.29. The van der Waals surface area contributed by atoms with Crippen LogP contribution in [0.1, 0.15) is 39.5 Å². The molecule has 0 aliphatic rings. The number of halogens is 2. The minimum Gasteiger partial charge on any atom is -0.456 e. The maximum Gasteiger partial charge on any atom is 0.261 e. The van der Waals surface area contributed by atoms with Gasteiger partial charge in [0, 0.05) is 77.0 Å². The maximum absolute atomic E-state index is 14.4. The number of para-hydroxylation sites is 2. The van der Waals surface area contributed by atoms with Crippen molar-refractivity contribution >= 4 is 121 Å². The Morgan fingerprint density at radius 3 is 1.20 bits per heavy atom. The van der Waals surface area contributed by atoms with Crippen molar-refractivity contribution in [2.45, 2.75) is 52.6 Å². The number of aromatic nitrogens is 2. The number of hydrogen-bond acceptors (Lipinski definition) is 6. The highest BCUT2D eigenvalue weighted by Crippen LogP contribution is 2.51. The van der Waals surface area contributed by atoms with Crippen LogP contribution >= 0.6 is 23.2 Å². The summed E-state index contributed by atoms with van der Waals surface area (Å²) < 4.78 is 16.5. The van der Waals surface area contributed by atoms with Crippen molar-refractivity contribution in [1.29, 1.82) is 0 Å². The summed E-state index contributed by atoms with van der Waals surface area (Å²) in [5, 5.41) is 6.99. The third-order valence-corrected chi connectivity index (χ3v) is 11.6. The Balaban J connectivity index is 1.63. The van der Waals surface area contributed by atoms with E-state index < -0.39 is 22.2 Å². The summed E-state index contributed by atoms with van der Waals surface area (Å²) in [5.74, 6) is 0. The molecular formula is C44H30Cl2N2O6. The molecule has 0 fully saturated rings. The minimum atomic E-state index is -0.434. The molecule has 8 nitrogen and oxygen atoms in total. The lowest BCUT2D eigenvalue weighted by molar-refractivity contribution is 0.604. The van der Waals surface area contributed by atoms with Gasteiger partial charge in [0.25, 0.3) is 22.2 Å². The number of benzene rings is 7. The quantitative estimate of drug-likeness (QED) is 0.124. The monoisotopic (exact) mass is 752 g/mol. The van der Waals surface area contributed by atoms with Gasteiger partial charge in [0.1, 0.15) is 22.3 Å². The summed E-state index contributed by atoms with van der Waals surface area (Å²) in [6.07, 6.45) is 2.86. The second-order valence-electron chi connectivity index (χ2n) is 14.1. The van der Waals surface area contributed by atoms with Crippen molar-refractivity contribution in [3.05, 3.63) is 124 Å². The molecule has 3 heterocycles. The first-order valence-corrected chi connectivity index (χ1v) is 18.9. The zero-order valence-corrected chi connectivity index (χ0v) is 30.8. The summed E-state index contributed by atoms with van der Waals surface area (Å²) >= 11 is 14.5. The third kappa shape index (κ3) is 4.32. The van der Waals surface area contributed by atoms with E-state index in [1.54, 1.807) is 24.3 Å². The molecule has 0 aliphatic carbocycles. The van der Waals surface area contributed by atoms with E-state index in [0.29, 0.717) is 99.8 Å². The van der Waals surface area contributed by atoms with Crippen molar-refractivity contribution in [1.82, 2.24) is 9.13 Å². The molecule has 0 spiro atoms. The fraction of sp³-hybridized carbons (Fsp3) is 0.182. The Labute approximate surface area is 314 Å². The zero-order valence-electron chi connectivity index (χ0n) is 29.3. The van der Waals surface area contributed by atoms with Gasteiger partial charge in [0.2, 0.25) is 0 Å². The summed E-state index contributed by atoms with van der Waals surface area (Å²) in [4.78, 5) is 57.2. The molecule has 0 saturated heterocycles. The molecule has 10 aromatic rings. The Morgan fingerprint density at radius 1 is 0.444 bits per heavy atom. The molecule has 0 saturated carbocycles. The lowest BCUT2D eigenvalue weighted by Crippen LogP contribution is -2.33. The Hall–Kier alpha value is -5.70. The average Bonchev–Trinajstić information content (AvgIpc) is 3.17. The maximum atomic E-state index is 14.4. The Kier molecular flexibility index (Phi) is 7.25. The fourth-order valence-corrected chi connectivity index (χ4v) is 9.17. The molecule has 54 heavy (non-hydrogen) atoms. The van der Waals surface area contributed by atoms with Crippen LogP contribution in [0.5, 0.6) is 0 Å². The van der Waals surface area contributed by atoms with Crippen molar-refractivity contribution in [2.75, 3.05) is 0 Å². The summed E-state index contributed by atoms with van der Waals surface area (Å²) in [5.41, 5.74) is -0.0717. The van der Waals surface area contributed by atoms with E-state index in [9.17, 15) is 19.2 Å². The molecule has 0 bridgehead atoms. The molecular weight excluding hydrogens is 723 g/mol. The van der Waals surface area contributed by atoms with Crippen LogP contribution in [0.25, 0.3) is 97.7 Å². The van der Waals surface area contributed by atoms with Crippen LogP contribution in [0.2, 0.25) is 10.0 Å². The van der Waals surface area contributed by atoms with Gasteiger partial charge < -0.3 is 8.83 Å². The molecule has 0 aliphatic heterocycles. The van der Waals surface area contributed by atoms with E-state index in [1.807, 2.05) is 62.4 Å². The molecule has 0 atom stereocenters. The van der Waals surface area contributed by atoms with Crippen LogP contribution in [0.4, 0.5) is 0 Å². The molecule has 3 aromatic heterocycles. The molecule has 10 heteroatoms. The van der Waals surface area contributed by atoms with Crippen molar-refractivity contribution < 1.29 is 8.83 Å². The first-order chi connectivity index (χ1) is 26.2. The molecule has 0 amide bonds. The van der Waals surface area contributed by atoms with E-state index in [0.717, 1.165) is 23.6 Å². The first-order valence-electron chi connectivity index (χ1n) is 18.2. The number of pyridine rings is 2. The van der Waals surface area contributed by atoms with Crippen LogP contribution in [0, 0.1) is 0 Å².